The first kappa shape index (κ1) is 12.5. The second kappa shape index (κ2) is 5.61. The van der Waals surface area contributed by atoms with Crippen LogP contribution in [0.1, 0.15) is 23.3 Å². The first-order chi connectivity index (χ1) is 8.18. The summed E-state index contributed by atoms with van der Waals surface area (Å²) in [6.07, 6.45) is 0.508. The number of Topliss-reactive ketones (excluding diaryl/α,β-unsaturated/α-hetero) is 1. The molecule has 1 nitrogen and oxygen atoms in total. The first-order valence-corrected chi connectivity index (χ1v) is 7.15. The lowest BCUT2D eigenvalue weighted by Crippen LogP contribution is -2.11. The molecule has 0 N–H and O–H groups in total. The second-order valence-corrected chi connectivity index (χ2v) is 5.82. The summed E-state index contributed by atoms with van der Waals surface area (Å²) in [5.41, 5.74) is 1.09. The van der Waals surface area contributed by atoms with Crippen LogP contribution in [0.25, 0.3) is 0 Å². The Bertz CT molecular complexity index is 504. The normalized spacial score (nSPS) is 12.4. The third-order valence-corrected chi connectivity index (χ3v) is 4.73. The van der Waals surface area contributed by atoms with E-state index in [1.165, 1.54) is 0 Å². The molecule has 0 saturated carbocycles. The van der Waals surface area contributed by atoms with Gasteiger partial charge in [0, 0.05) is 21.7 Å². The number of carbonyl (C=O) groups excluding carboxylic acids is 1. The first-order valence-electron chi connectivity index (χ1n) is 5.48. The third-order valence-electron chi connectivity index (χ3n) is 2.81. The van der Waals surface area contributed by atoms with Crippen LogP contribution in [-0.2, 0) is 11.2 Å². The minimum Gasteiger partial charge on any atom is -0.299 e. The monoisotopic (exact) mass is 308 g/mol. The Morgan fingerprint density at radius 3 is 2.59 bits per heavy atom. The molecule has 0 aliphatic heterocycles. The molecule has 2 rings (SSSR count). The molecule has 1 aromatic carbocycles. The van der Waals surface area contributed by atoms with E-state index in [9.17, 15) is 4.79 Å². The van der Waals surface area contributed by atoms with E-state index in [1.807, 2.05) is 48.7 Å². The number of hydrogen-bond donors (Lipinski definition) is 0. The lowest BCUT2D eigenvalue weighted by atomic mass is 9.95. The molecule has 0 aliphatic rings. The van der Waals surface area contributed by atoms with Gasteiger partial charge in [-0.2, -0.15) is 0 Å². The van der Waals surface area contributed by atoms with E-state index in [1.54, 1.807) is 11.3 Å². The van der Waals surface area contributed by atoms with Crippen molar-refractivity contribution in [1.82, 2.24) is 0 Å². The molecule has 0 spiro atoms. The summed E-state index contributed by atoms with van der Waals surface area (Å²) in [7, 11) is 0. The predicted octanol–water partition coefficient (Wildman–Crippen LogP) is 4.43. The van der Waals surface area contributed by atoms with Gasteiger partial charge in [0.2, 0.25) is 0 Å². The maximum atomic E-state index is 12.1. The molecule has 3 heteroatoms. The van der Waals surface area contributed by atoms with Crippen LogP contribution in [0.15, 0.2) is 46.3 Å². The van der Waals surface area contributed by atoms with Gasteiger partial charge in [-0.3, -0.25) is 4.79 Å². The zero-order valence-corrected chi connectivity index (χ0v) is 11.9. The second-order valence-electron chi connectivity index (χ2n) is 3.97. The van der Waals surface area contributed by atoms with E-state index < -0.39 is 0 Å². The van der Waals surface area contributed by atoms with Crippen molar-refractivity contribution in [3.63, 3.8) is 0 Å². The lowest BCUT2D eigenvalue weighted by molar-refractivity contribution is -0.119. The summed E-state index contributed by atoms with van der Waals surface area (Å²) in [6, 6.07) is 11.9. The van der Waals surface area contributed by atoms with Gasteiger partial charge in [-0.25, -0.2) is 0 Å². The standard InChI is InChI=1S/C14H13BrOS/c1-10(11-5-3-2-4-6-11)13(16)9-14-12(15)7-8-17-14/h2-8,10H,9H2,1H3. The van der Waals surface area contributed by atoms with Gasteiger partial charge in [-0.05, 0) is 32.9 Å². The van der Waals surface area contributed by atoms with E-state index in [-0.39, 0.29) is 11.7 Å². The topological polar surface area (TPSA) is 17.1 Å². The number of benzene rings is 1. The van der Waals surface area contributed by atoms with Crippen LogP contribution in [0, 0.1) is 0 Å². The Balaban J connectivity index is 2.09. The Morgan fingerprint density at radius 2 is 2.00 bits per heavy atom. The molecule has 2 aromatic rings. The van der Waals surface area contributed by atoms with Gasteiger partial charge in [0.25, 0.3) is 0 Å². The third kappa shape index (κ3) is 3.05. The highest BCUT2D eigenvalue weighted by atomic mass is 79.9. The molecule has 0 bridgehead atoms. The summed E-state index contributed by atoms with van der Waals surface area (Å²) in [5, 5.41) is 2.00. The fourth-order valence-electron chi connectivity index (χ4n) is 1.69. The highest BCUT2D eigenvalue weighted by molar-refractivity contribution is 9.10. The molecule has 1 unspecified atom stereocenters. The van der Waals surface area contributed by atoms with Crippen LogP contribution in [-0.4, -0.2) is 5.78 Å². The summed E-state index contributed by atoms with van der Waals surface area (Å²) >= 11 is 5.08. The molecule has 1 atom stereocenters. The Morgan fingerprint density at radius 1 is 1.29 bits per heavy atom. The van der Waals surface area contributed by atoms with E-state index in [0.717, 1.165) is 14.9 Å². The van der Waals surface area contributed by atoms with Gasteiger partial charge in [0.15, 0.2) is 0 Å². The van der Waals surface area contributed by atoms with Gasteiger partial charge >= 0.3 is 0 Å². The fraction of sp³-hybridized carbons (Fsp3) is 0.214. The van der Waals surface area contributed by atoms with Crippen molar-refractivity contribution in [2.45, 2.75) is 19.3 Å². The number of thiophene rings is 1. The molecule has 1 aromatic heterocycles. The predicted molar refractivity (Wildman–Crippen MR) is 75.6 cm³/mol. The van der Waals surface area contributed by atoms with E-state index in [2.05, 4.69) is 15.9 Å². The Hall–Kier alpha value is -0.930. The van der Waals surface area contributed by atoms with Gasteiger partial charge < -0.3 is 0 Å². The van der Waals surface area contributed by atoms with Crippen LogP contribution in [0.4, 0.5) is 0 Å². The largest absolute Gasteiger partial charge is 0.299 e. The van der Waals surface area contributed by atoms with Crippen molar-refractivity contribution in [2.75, 3.05) is 0 Å². The minimum atomic E-state index is -0.0369. The number of halogens is 1. The molecular weight excluding hydrogens is 296 g/mol. The summed E-state index contributed by atoms with van der Waals surface area (Å²) in [4.78, 5) is 13.3. The lowest BCUT2D eigenvalue weighted by Gasteiger charge is -2.10. The number of carbonyl (C=O) groups is 1. The average Bonchev–Trinajstić information content (AvgIpc) is 2.75. The Labute approximate surface area is 114 Å². The SMILES string of the molecule is CC(C(=O)Cc1sccc1Br)c1ccccc1. The van der Waals surface area contributed by atoms with Crippen molar-refractivity contribution in [1.29, 1.82) is 0 Å². The minimum absolute atomic E-state index is 0.0369. The highest BCUT2D eigenvalue weighted by Crippen LogP contribution is 2.26. The van der Waals surface area contributed by atoms with E-state index in [0.29, 0.717) is 6.42 Å². The van der Waals surface area contributed by atoms with Crippen LogP contribution in [0.5, 0.6) is 0 Å². The molecule has 0 fully saturated rings. The van der Waals surface area contributed by atoms with Crippen LogP contribution < -0.4 is 0 Å². The number of ketones is 1. The van der Waals surface area contributed by atoms with Crippen LogP contribution >= 0.6 is 27.3 Å². The molecular formula is C14H13BrOS. The van der Waals surface area contributed by atoms with E-state index >= 15 is 0 Å². The molecule has 17 heavy (non-hydrogen) atoms. The molecule has 1 heterocycles. The summed E-state index contributed by atoms with van der Waals surface area (Å²) in [5.74, 6) is 0.226. The Kier molecular flexibility index (Phi) is 4.13. The van der Waals surface area contributed by atoms with Crippen molar-refractivity contribution in [3.8, 4) is 0 Å². The van der Waals surface area contributed by atoms with Crippen molar-refractivity contribution in [2.24, 2.45) is 0 Å². The van der Waals surface area contributed by atoms with Crippen molar-refractivity contribution < 1.29 is 4.79 Å². The maximum Gasteiger partial charge on any atom is 0.145 e. The molecule has 0 radical (unpaired) electrons. The highest BCUT2D eigenvalue weighted by Gasteiger charge is 2.16. The zero-order chi connectivity index (χ0) is 12.3. The van der Waals surface area contributed by atoms with Gasteiger partial charge in [-0.1, -0.05) is 37.3 Å². The zero-order valence-electron chi connectivity index (χ0n) is 9.52. The summed E-state index contributed by atoms with van der Waals surface area (Å²) < 4.78 is 1.04. The fourth-order valence-corrected chi connectivity index (χ4v) is 3.19. The number of hydrogen-bond acceptors (Lipinski definition) is 2. The summed E-state index contributed by atoms with van der Waals surface area (Å²) in [6.45, 7) is 1.97. The van der Waals surface area contributed by atoms with Crippen molar-refractivity contribution in [3.05, 3.63) is 56.7 Å². The van der Waals surface area contributed by atoms with Crippen molar-refractivity contribution >= 4 is 33.0 Å². The molecule has 0 amide bonds. The van der Waals surface area contributed by atoms with Gasteiger partial charge in [-0.15, -0.1) is 11.3 Å². The van der Waals surface area contributed by atoms with E-state index in [4.69, 9.17) is 0 Å². The number of rotatable bonds is 4. The quantitative estimate of drug-likeness (QED) is 0.817. The molecule has 0 saturated heterocycles. The smallest absolute Gasteiger partial charge is 0.145 e. The molecule has 0 aliphatic carbocycles. The maximum absolute atomic E-state index is 12.1. The van der Waals surface area contributed by atoms with Crippen LogP contribution in [0.2, 0.25) is 0 Å². The van der Waals surface area contributed by atoms with Gasteiger partial charge in [0.05, 0.1) is 0 Å². The average molecular weight is 309 g/mol. The molecule has 88 valence electrons. The van der Waals surface area contributed by atoms with Gasteiger partial charge in [0.1, 0.15) is 5.78 Å². The van der Waals surface area contributed by atoms with Crippen LogP contribution in [0.3, 0.4) is 0 Å².